The van der Waals surface area contributed by atoms with Crippen LogP contribution in [0.1, 0.15) is 24.2 Å². The van der Waals surface area contributed by atoms with Gasteiger partial charge in [0.25, 0.3) is 0 Å². The van der Waals surface area contributed by atoms with Crippen LogP contribution in [-0.2, 0) is 6.42 Å². The highest BCUT2D eigenvalue weighted by Crippen LogP contribution is 2.46. The van der Waals surface area contributed by atoms with Crippen molar-refractivity contribution >= 4 is 23.2 Å². The Bertz CT molecular complexity index is 390. The zero-order chi connectivity index (χ0) is 10.5. The number of halogens is 2. The molecule has 2 N–H and O–H groups in total. The third-order valence-electron chi connectivity index (χ3n) is 2.69. The molecule has 0 heterocycles. The van der Waals surface area contributed by atoms with E-state index in [9.17, 15) is 10.2 Å². The smallest absolute Gasteiger partial charge is 0.135 e. The molecular weight excluding hydrogens is 223 g/mol. The van der Waals surface area contributed by atoms with Crippen LogP contribution < -0.4 is 0 Å². The van der Waals surface area contributed by atoms with E-state index in [1.807, 2.05) is 6.92 Å². The average molecular weight is 233 g/mol. The Hall–Kier alpha value is -0.440. The summed E-state index contributed by atoms with van der Waals surface area (Å²) in [7, 11) is 0. The van der Waals surface area contributed by atoms with Crippen molar-refractivity contribution in [3.05, 3.63) is 27.2 Å². The molecule has 1 aromatic rings. The SMILES string of the molecule is CC1Cc2cc(O)c(Cl)c(Cl)c2C1O. The first-order valence-corrected chi connectivity index (χ1v) is 5.15. The molecule has 0 aliphatic heterocycles. The van der Waals surface area contributed by atoms with E-state index in [0.29, 0.717) is 5.56 Å². The molecule has 0 saturated heterocycles. The minimum absolute atomic E-state index is 0.0169. The van der Waals surface area contributed by atoms with E-state index in [0.717, 1.165) is 12.0 Å². The van der Waals surface area contributed by atoms with Gasteiger partial charge in [0.15, 0.2) is 0 Å². The molecule has 1 aliphatic carbocycles. The van der Waals surface area contributed by atoms with Crippen LogP contribution in [0.5, 0.6) is 5.75 Å². The van der Waals surface area contributed by atoms with Crippen molar-refractivity contribution in [2.24, 2.45) is 5.92 Å². The third-order valence-corrected chi connectivity index (χ3v) is 3.56. The summed E-state index contributed by atoms with van der Waals surface area (Å²) >= 11 is 11.7. The van der Waals surface area contributed by atoms with Gasteiger partial charge in [0.2, 0.25) is 0 Å². The third kappa shape index (κ3) is 1.29. The molecule has 2 nitrogen and oxygen atoms in total. The average Bonchev–Trinajstić information content (AvgIpc) is 2.39. The number of phenols is 1. The van der Waals surface area contributed by atoms with Crippen LogP contribution in [0.4, 0.5) is 0 Å². The lowest BCUT2D eigenvalue weighted by Gasteiger charge is -2.11. The fraction of sp³-hybridized carbons (Fsp3) is 0.400. The number of benzene rings is 1. The second-order valence-corrected chi connectivity index (χ2v) is 4.48. The summed E-state index contributed by atoms with van der Waals surface area (Å²) in [5.74, 6) is 0.108. The van der Waals surface area contributed by atoms with Crippen LogP contribution in [0.2, 0.25) is 10.0 Å². The number of hydrogen-bond acceptors (Lipinski definition) is 2. The number of aromatic hydroxyl groups is 1. The van der Waals surface area contributed by atoms with Crippen molar-refractivity contribution in [3.8, 4) is 5.75 Å². The molecule has 0 saturated carbocycles. The highest BCUT2D eigenvalue weighted by molar-refractivity contribution is 6.43. The first-order chi connectivity index (χ1) is 6.52. The van der Waals surface area contributed by atoms with Crippen LogP contribution in [0, 0.1) is 5.92 Å². The maximum atomic E-state index is 9.82. The summed E-state index contributed by atoms with van der Waals surface area (Å²) in [4.78, 5) is 0. The van der Waals surface area contributed by atoms with Gasteiger partial charge in [-0.05, 0) is 24.0 Å². The molecule has 0 aromatic heterocycles. The summed E-state index contributed by atoms with van der Waals surface area (Å²) in [5, 5.41) is 19.7. The van der Waals surface area contributed by atoms with Gasteiger partial charge >= 0.3 is 0 Å². The molecule has 2 unspecified atom stereocenters. The molecule has 2 rings (SSSR count). The quantitative estimate of drug-likeness (QED) is 0.723. The van der Waals surface area contributed by atoms with Crippen LogP contribution in [0.25, 0.3) is 0 Å². The number of fused-ring (bicyclic) bond motifs is 1. The van der Waals surface area contributed by atoms with E-state index >= 15 is 0 Å². The number of hydrogen-bond donors (Lipinski definition) is 2. The van der Waals surface area contributed by atoms with E-state index in [4.69, 9.17) is 23.2 Å². The van der Waals surface area contributed by atoms with Crippen LogP contribution in [-0.4, -0.2) is 10.2 Å². The fourth-order valence-corrected chi connectivity index (χ4v) is 2.40. The Morgan fingerprint density at radius 1 is 1.36 bits per heavy atom. The molecule has 1 aromatic carbocycles. The lowest BCUT2D eigenvalue weighted by atomic mass is 10.1. The van der Waals surface area contributed by atoms with Crippen molar-refractivity contribution < 1.29 is 10.2 Å². The van der Waals surface area contributed by atoms with Gasteiger partial charge in [0.05, 0.1) is 11.1 Å². The molecule has 0 fully saturated rings. The van der Waals surface area contributed by atoms with Gasteiger partial charge in [-0.2, -0.15) is 0 Å². The Labute approximate surface area is 92.1 Å². The Morgan fingerprint density at radius 3 is 2.64 bits per heavy atom. The minimum atomic E-state index is -0.574. The lowest BCUT2D eigenvalue weighted by Crippen LogP contribution is -2.01. The molecule has 0 amide bonds. The lowest BCUT2D eigenvalue weighted by molar-refractivity contribution is 0.133. The first-order valence-electron chi connectivity index (χ1n) is 4.40. The predicted octanol–water partition coefficient (Wildman–Crippen LogP) is 2.92. The molecule has 4 heteroatoms. The van der Waals surface area contributed by atoms with E-state index in [1.54, 1.807) is 6.07 Å². The standard InChI is InChI=1S/C10H10Cl2O2/c1-4-2-5-3-6(13)8(11)9(12)7(5)10(4)14/h3-4,10,13-14H,2H2,1H3. The molecule has 0 spiro atoms. The highest BCUT2D eigenvalue weighted by atomic mass is 35.5. The van der Waals surface area contributed by atoms with Crippen LogP contribution >= 0.6 is 23.2 Å². The summed E-state index contributed by atoms with van der Waals surface area (Å²) in [6.45, 7) is 1.94. The zero-order valence-electron chi connectivity index (χ0n) is 7.59. The predicted molar refractivity (Wildman–Crippen MR) is 56.0 cm³/mol. The van der Waals surface area contributed by atoms with Crippen molar-refractivity contribution in [2.75, 3.05) is 0 Å². The van der Waals surface area contributed by atoms with Gasteiger partial charge < -0.3 is 10.2 Å². The molecule has 1 aliphatic rings. The van der Waals surface area contributed by atoms with Crippen molar-refractivity contribution in [1.82, 2.24) is 0 Å². The first kappa shape index (κ1) is 10.1. The van der Waals surface area contributed by atoms with E-state index in [1.165, 1.54) is 0 Å². The second kappa shape index (κ2) is 3.30. The second-order valence-electron chi connectivity index (χ2n) is 3.72. The molecule has 0 radical (unpaired) electrons. The van der Waals surface area contributed by atoms with Gasteiger partial charge in [0, 0.05) is 5.56 Å². The minimum Gasteiger partial charge on any atom is -0.506 e. The summed E-state index contributed by atoms with van der Waals surface area (Å²) in [6, 6.07) is 1.58. The van der Waals surface area contributed by atoms with E-state index in [2.05, 4.69) is 0 Å². The Balaban J connectivity index is 2.65. The van der Waals surface area contributed by atoms with E-state index in [-0.39, 0.29) is 21.7 Å². The van der Waals surface area contributed by atoms with Crippen LogP contribution in [0.15, 0.2) is 6.07 Å². The zero-order valence-corrected chi connectivity index (χ0v) is 9.10. The summed E-state index contributed by atoms with van der Waals surface area (Å²) < 4.78 is 0. The highest BCUT2D eigenvalue weighted by Gasteiger charge is 2.31. The van der Waals surface area contributed by atoms with Gasteiger partial charge in [-0.1, -0.05) is 30.1 Å². The Kier molecular flexibility index (Phi) is 2.38. The molecular formula is C10H10Cl2O2. The van der Waals surface area contributed by atoms with E-state index < -0.39 is 6.10 Å². The fourth-order valence-electron chi connectivity index (χ4n) is 1.91. The van der Waals surface area contributed by atoms with Crippen molar-refractivity contribution in [3.63, 3.8) is 0 Å². The maximum absolute atomic E-state index is 9.82. The molecule has 76 valence electrons. The monoisotopic (exact) mass is 232 g/mol. The van der Waals surface area contributed by atoms with Gasteiger partial charge in [0.1, 0.15) is 10.8 Å². The summed E-state index contributed by atoms with van der Waals surface area (Å²) in [6.07, 6.45) is 0.150. The molecule has 14 heavy (non-hydrogen) atoms. The van der Waals surface area contributed by atoms with Crippen molar-refractivity contribution in [2.45, 2.75) is 19.4 Å². The molecule has 0 bridgehead atoms. The topological polar surface area (TPSA) is 40.5 Å². The Morgan fingerprint density at radius 2 is 2.00 bits per heavy atom. The normalized spacial score (nSPS) is 25.1. The van der Waals surface area contributed by atoms with Crippen molar-refractivity contribution in [1.29, 1.82) is 0 Å². The van der Waals surface area contributed by atoms with Gasteiger partial charge in [-0.15, -0.1) is 0 Å². The largest absolute Gasteiger partial charge is 0.506 e. The van der Waals surface area contributed by atoms with Crippen LogP contribution in [0.3, 0.4) is 0 Å². The van der Waals surface area contributed by atoms with Gasteiger partial charge in [-0.3, -0.25) is 0 Å². The summed E-state index contributed by atoms with van der Waals surface area (Å²) in [5.41, 5.74) is 1.55. The number of rotatable bonds is 0. The maximum Gasteiger partial charge on any atom is 0.135 e. The van der Waals surface area contributed by atoms with Gasteiger partial charge in [-0.25, -0.2) is 0 Å². The number of aliphatic hydroxyl groups is 1. The molecule has 2 atom stereocenters. The number of phenolic OH excluding ortho intramolecular Hbond substituents is 1. The number of aliphatic hydroxyl groups excluding tert-OH is 1.